The molecule has 7 N–H and O–H groups in total. The van der Waals surface area contributed by atoms with Gasteiger partial charge in [0.2, 0.25) is 11.8 Å². The Hall–Kier alpha value is -5.36. The Bertz CT molecular complexity index is 1940. The molecule has 1 aliphatic rings. The zero-order valence-electron chi connectivity index (χ0n) is 27.1. The molecule has 0 aliphatic carbocycles. The predicted octanol–water partition coefficient (Wildman–Crippen LogP) is 2.37. The molecule has 4 aromatic rings. The van der Waals surface area contributed by atoms with Crippen molar-refractivity contribution in [1.82, 2.24) is 5.32 Å². The van der Waals surface area contributed by atoms with Crippen molar-refractivity contribution < 1.29 is 44.3 Å². The van der Waals surface area contributed by atoms with Crippen LogP contribution in [0.2, 0.25) is 0 Å². The molecule has 1 fully saturated rings. The highest BCUT2D eigenvalue weighted by molar-refractivity contribution is 8.01. The van der Waals surface area contributed by atoms with E-state index in [0.29, 0.717) is 11.3 Å². The van der Waals surface area contributed by atoms with Crippen molar-refractivity contribution in [3.63, 3.8) is 0 Å². The van der Waals surface area contributed by atoms with Gasteiger partial charge < -0.3 is 41.0 Å². The Morgan fingerprint density at radius 2 is 1.58 bits per heavy atom. The number of amides is 3. The molecule has 5 rings (SSSR count). The zero-order chi connectivity index (χ0) is 36.1. The van der Waals surface area contributed by atoms with E-state index >= 15 is 0 Å². The summed E-state index contributed by atoms with van der Waals surface area (Å²) in [4.78, 5) is 40.4. The number of hydrogen-bond donors (Lipinski definition) is 6. The summed E-state index contributed by atoms with van der Waals surface area (Å²) in [5.41, 5.74) is 7.89. The van der Waals surface area contributed by atoms with Crippen molar-refractivity contribution in [2.45, 2.75) is 29.1 Å². The number of rotatable bonds is 11. The van der Waals surface area contributed by atoms with Gasteiger partial charge in [-0.05, 0) is 73.2 Å². The number of methoxy groups -OCH3 is 1. The molecule has 2 unspecified atom stereocenters. The molecule has 1 saturated heterocycles. The van der Waals surface area contributed by atoms with Crippen LogP contribution in [0.1, 0.15) is 44.9 Å². The predicted molar refractivity (Wildman–Crippen MR) is 186 cm³/mol. The minimum atomic E-state index is -3.76. The van der Waals surface area contributed by atoms with E-state index < -0.39 is 52.0 Å². The lowest BCUT2D eigenvalue weighted by atomic mass is 9.95. The fourth-order valence-electron chi connectivity index (χ4n) is 5.21. The molecule has 4 aromatic carbocycles. The first-order valence-corrected chi connectivity index (χ1v) is 16.4. The fourth-order valence-corrected chi connectivity index (χ4v) is 6.59. The Kier molecular flexibility index (Phi) is 10.8. The lowest BCUT2D eigenvalue weighted by Gasteiger charge is -2.34. The third-order valence-electron chi connectivity index (χ3n) is 7.89. The van der Waals surface area contributed by atoms with Crippen LogP contribution in [0.3, 0.4) is 0 Å². The molecule has 258 valence electrons. The van der Waals surface area contributed by atoms with E-state index in [0.717, 1.165) is 35.0 Å². The van der Waals surface area contributed by atoms with Gasteiger partial charge in [0.15, 0.2) is 11.5 Å². The van der Waals surface area contributed by atoms with Gasteiger partial charge in [-0.15, -0.1) is 11.8 Å². The third kappa shape index (κ3) is 7.45. The normalized spacial score (nSPS) is 16.0. The van der Waals surface area contributed by atoms with E-state index in [1.165, 1.54) is 30.2 Å². The van der Waals surface area contributed by atoms with Crippen molar-refractivity contribution in [1.29, 1.82) is 0 Å². The zero-order valence-corrected chi connectivity index (χ0v) is 27.9. The second kappa shape index (κ2) is 15.0. The summed E-state index contributed by atoms with van der Waals surface area (Å²) in [5.74, 6) is -3.47. The molecule has 1 heterocycles. The van der Waals surface area contributed by atoms with E-state index in [1.54, 1.807) is 19.1 Å². The summed E-state index contributed by atoms with van der Waals surface area (Å²) >= 11 is 1.16. The van der Waals surface area contributed by atoms with Crippen molar-refractivity contribution in [3.8, 4) is 23.3 Å². The summed E-state index contributed by atoms with van der Waals surface area (Å²) in [6.45, 7) is 1.46. The summed E-state index contributed by atoms with van der Waals surface area (Å²) in [5, 5.41) is 43.8. The molecular weight excluding hydrogens is 662 g/mol. The summed E-state index contributed by atoms with van der Waals surface area (Å²) in [6.07, 6.45) is 0. The molecule has 3 amide bonds. The summed E-state index contributed by atoms with van der Waals surface area (Å²) in [7, 11) is 1.37. The van der Waals surface area contributed by atoms with Crippen LogP contribution in [-0.2, 0) is 15.4 Å². The molecule has 0 aromatic heterocycles. The maximum absolute atomic E-state index is 13.9. The van der Waals surface area contributed by atoms with Gasteiger partial charge in [-0.3, -0.25) is 19.3 Å². The number of thioether (sulfide) groups is 1. The largest absolute Gasteiger partial charge is 0.493 e. The molecule has 50 heavy (non-hydrogen) atoms. The van der Waals surface area contributed by atoms with Crippen LogP contribution in [0, 0.1) is 11.8 Å². The molecule has 1 aliphatic heterocycles. The van der Waals surface area contributed by atoms with Crippen LogP contribution in [-0.4, -0.2) is 69.4 Å². The number of nitrogens with zero attached hydrogens (tertiary/aromatic N) is 1. The van der Waals surface area contributed by atoms with Crippen LogP contribution < -0.4 is 25.4 Å². The fraction of sp³-hybridized carbons (Fsp3) is 0.216. The van der Waals surface area contributed by atoms with E-state index in [-0.39, 0.29) is 23.7 Å². The van der Waals surface area contributed by atoms with Gasteiger partial charge in [0.05, 0.1) is 13.7 Å². The van der Waals surface area contributed by atoms with Crippen LogP contribution in [0.5, 0.6) is 11.5 Å². The first-order chi connectivity index (χ1) is 23.9. The number of benzene rings is 4. The number of aliphatic hydroxyl groups is 4. The lowest BCUT2D eigenvalue weighted by molar-refractivity contribution is -0.346. The molecule has 0 radical (unpaired) electrons. The number of nitrogens with two attached hydrogens (primary N) is 1. The van der Waals surface area contributed by atoms with Crippen molar-refractivity contribution >= 4 is 35.2 Å². The van der Waals surface area contributed by atoms with Gasteiger partial charge in [-0.2, -0.15) is 0 Å². The van der Waals surface area contributed by atoms with E-state index in [1.807, 2.05) is 54.6 Å². The maximum Gasteiger partial charge on any atom is 0.305 e. The first-order valence-electron chi connectivity index (χ1n) is 15.4. The Balaban J connectivity index is 1.38. The van der Waals surface area contributed by atoms with Crippen LogP contribution in [0.25, 0.3) is 0 Å². The number of primary amides is 1. The number of carbonyl (C=O) groups is 3. The van der Waals surface area contributed by atoms with Gasteiger partial charge in [-0.1, -0.05) is 48.2 Å². The first kappa shape index (κ1) is 35.9. The topological polar surface area (TPSA) is 192 Å². The highest BCUT2D eigenvalue weighted by atomic mass is 32.2. The molecule has 0 bridgehead atoms. The minimum absolute atomic E-state index is 0.0759. The quantitative estimate of drug-likeness (QED) is 0.100. The number of anilines is 1. The van der Waals surface area contributed by atoms with Crippen molar-refractivity contribution in [2.24, 2.45) is 5.73 Å². The van der Waals surface area contributed by atoms with Crippen molar-refractivity contribution in [3.05, 3.63) is 125 Å². The van der Waals surface area contributed by atoms with E-state index in [4.69, 9.17) is 15.2 Å². The Labute approximate surface area is 292 Å². The van der Waals surface area contributed by atoms with Gasteiger partial charge in [0.1, 0.15) is 10.6 Å². The van der Waals surface area contributed by atoms with E-state index in [9.17, 15) is 34.8 Å². The van der Waals surface area contributed by atoms with Crippen molar-refractivity contribution in [2.75, 3.05) is 25.2 Å². The van der Waals surface area contributed by atoms with Gasteiger partial charge in [0.25, 0.3) is 11.7 Å². The smallest absolute Gasteiger partial charge is 0.305 e. The molecule has 12 nitrogen and oxygen atoms in total. The van der Waals surface area contributed by atoms with Gasteiger partial charge >= 0.3 is 5.79 Å². The number of ether oxygens (including phenoxy) is 2. The maximum atomic E-state index is 13.9. The number of carbonyl (C=O) groups excluding carboxylic acids is 3. The second-order valence-corrected chi connectivity index (χ2v) is 12.5. The highest BCUT2D eigenvalue weighted by Gasteiger charge is 2.55. The standard InChI is InChI=1S/C37H35N3O9S/c1-3-49-30-21-27(18-19-29(30)48-2)36(44,45)37(46,47)35(43)39-22-31-33(42)40(28-11-7-10-26(20-28)32(38)41)34(50-31)25-16-14-24(15-17-25)13-12-23-8-5-4-6-9-23/h4-11,14-21,31,34,44-47H,3,22H2,1-2H3,(H2,38,41)(H,39,43). The van der Waals surface area contributed by atoms with E-state index in [2.05, 4.69) is 17.2 Å². The van der Waals surface area contributed by atoms with Gasteiger partial charge in [0, 0.05) is 34.5 Å². The minimum Gasteiger partial charge on any atom is -0.493 e. The lowest BCUT2D eigenvalue weighted by Crippen LogP contribution is -2.61. The third-order valence-corrected chi connectivity index (χ3v) is 9.32. The number of nitrogens with one attached hydrogen (secondary N) is 1. The Morgan fingerprint density at radius 3 is 2.22 bits per heavy atom. The number of hydrogen-bond acceptors (Lipinski definition) is 10. The molecule has 0 saturated carbocycles. The second-order valence-electron chi connectivity index (χ2n) is 11.2. The molecule has 2 atom stereocenters. The SMILES string of the molecule is CCOc1cc(C(O)(O)C(O)(O)C(=O)NCC2SC(c3ccc(C#Cc4ccccc4)cc3)N(c3cccc(C(N)=O)c3)C2=O)ccc1OC. The molecule has 0 spiro atoms. The summed E-state index contributed by atoms with van der Waals surface area (Å²) in [6, 6.07) is 26.5. The average molecular weight is 698 g/mol. The monoisotopic (exact) mass is 697 g/mol. The van der Waals surface area contributed by atoms with Gasteiger partial charge in [-0.25, -0.2) is 0 Å². The molecule has 13 heteroatoms. The van der Waals surface area contributed by atoms with Crippen LogP contribution in [0.4, 0.5) is 5.69 Å². The molecular formula is C37H35N3O9S. The Morgan fingerprint density at radius 1 is 0.900 bits per heavy atom. The van der Waals surface area contributed by atoms with Crippen LogP contribution >= 0.6 is 11.8 Å². The van der Waals surface area contributed by atoms with Crippen LogP contribution in [0.15, 0.2) is 97.1 Å². The highest BCUT2D eigenvalue weighted by Crippen LogP contribution is 2.46. The average Bonchev–Trinajstić information content (AvgIpc) is 3.45. The summed E-state index contributed by atoms with van der Waals surface area (Å²) < 4.78 is 10.6.